The fourth-order valence-corrected chi connectivity index (χ4v) is 5.21. The number of benzene rings is 1. The zero-order valence-electron chi connectivity index (χ0n) is 13.9. The van der Waals surface area contributed by atoms with Gasteiger partial charge in [-0.1, -0.05) is 13.8 Å². The van der Waals surface area contributed by atoms with Crippen LogP contribution in [-0.2, 0) is 20.0 Å². The first-order valence-corrected chi connectivity index (χ1v) is 11.0. The Morgan fingerprint density at radius 2 is 1.46 bits per heavy atom. The van der Waals surface area contributed by atoms with Gasteiger partial charge in [0.05, 0.1) is 9.79 Å². The molecule has 0 aromatic heterocycles. The topological polar surface area (TPSA) is 118 Å². The molecule has 9 heteroatoms. The Hall–Kier alpha value is -1.00. The highest BCUT2D eigenvalue weighted by Gasteiger charge is 2.31. The maximum Gasteiger partial charge on any atom is 0.241 e. The first-order valence-electron chi connectivity index (χ1n) is 8.04. The molecule has 7 nitrogen and oxygen atoms in total. The quantitative estimate of drug-likeness (QED) is 0.593. The first-order chi connectivity index (χ1) is 11.2. The highest BCUT2D eigenvalue weighted by atomic mass is 32.2. The van der Waals surface area contributed by atoms with Crippen LogP contribution in [0.25, 0.3) is 0 Å². The van der Waals surface area contributed by atoms with Gasteiger partial charge in [-0.25, -0.2) is 26.3 Å². The van der Waals surface area contributed by atoms with Crippen LogP contribution in [0.4, 0.5) is 0 Å². The van der Waals surface area contributed by atoms with Gasteiger partial charge in [0.2, 0.25) is 20.0 Å². The minimum Gasteiger partial charge on any atom is -0.329 e. The molecule has 0 amide bonds. The van der Waals surface area contributed by atoms with E-state index in [0.29, 0.717) is 12.8 Å². The van der Waals surface area contributed by atoms with Gasteiger partial charge in [-0.2, -0.15) is 0 Å². The van der Waals surface area contributed by atoms with Crippen molar-refractivity contribution in [3.8, 4) is 0 Å². The van der Waals surface area contributed by atoms with E-state index in [1.165, 1.54) is 24.3 Å². The maximum atomic E-state index is 12.5. The van der Waals surface area contributed by atoms with E-state index in [-0.39, 0.29) is 22.4 Å². The molecule has 0 saturated heterocycles. The Morgan fingerprint density at radius 3 is 1.83 bits per heavy atom. The number of nitrogens with one attached hydrogen (secondary N) is 2. The van der Waals surface area contributed by atoms with Crippen LogP contribution in [0.2, 0.25) is 0 Å². The van der Waals surface area contributed by atoms with Crippen LogP contribution in [-0.4, -0.2) is 35.0 Å². The minimum atomic E-state index is -3.77. The predicted octanol–water partition coefficient (Wildman–Crippen LogP) is 0.923. The highest BCUT2D eigenvalue weighted by Crippen LogP contribution is 2.23. The van der Waals surface area contributed by atoms with Gasteiger partial charge in [0, 0.05) is 18.1 Å². The Kier molecular flexibility index (Phi) is 5.71. The van der Waals surface area contributed by atoms with E-state index in [1.54, 1.807) is 0 Å². The summed E-state index contributed by atoms with van der Waals surface area (Å²) in [5.41, 5.74) is 5.04. The standard InChI is InChI=1S/C15H25N3O4S2/c1-3-15(4-2,11-16)18-24(21,22)14-9-7-13(8-10-14)23(19,20)17-12-5-6-12/h7-10,12,17-18H,3-6,11,16H2,1-2H3. The average Bonchev–Trinajstić information content (AvgIpc) is 3.36. The fraction of sp³-hybridized carbons (Fsp3) is 0.600. The van der Waals surface area contributed by atoms with E-state index in [4.69, 9.17) is 5.73 Å². The van der Waals surface area contributed by atoms with Crippen LogP contribution in [0.3, 0.4) is 0 Å². The van der Waals surface area contributed by atoms with E-state index in [9.17, 15) is 16.8 Å². The third kappa shape index (κ3) is 4.34. The number of sulfonamides is 2. The van der Waals surface area contributed by atoms with E-state index < -0.39 is 25.6 Å². The molecule has 1 aromatic rings. The summed E-state index contributed by atoms with van der Waals surface area (Å²) in [6.07, 6.45) is 2.81. The molecule has 2 rings (SSSR count). The molecule has 0 heterocycles. The van der Waals surface area contributed by atoms with E-state index >= 15 is 0 Å². The second-order valence-electron chi connectivity index (χ2n) is 6.16. The van der Waals surface area contributed by atoms with Crippen molar-refractivity contribution < 1.29 is 16.8 Å². The van der Waals surface area contributed by atoms with Crippen molar-refractivity contribution in [2.45, 2.75) is 60.9 Å². The Balaban J connectivity index is 2.22. The summed E-state index contributed by atoms with van der Waals surface area (Å²) >= 11 is 0. The van der Waals surface area contributed by atoms with E-state index in [2.05, 4.69) is 9.44 Å². The van der Waals surface area contributed by atoms with Gasteiger partial charge in [-0.05, 0) is 49.9 Å². The van der Waals surface area contributed by atoms with Crippen molar-refractivity contribution in [1.82, 2.24) is 9.44 Å². The first kappa shape index (κ1) is 19.3. The van der Waals surface area contributed by atoms with Gasteiger partial charge in [-0.3, -0.25) is 0 Å². The van der Waals surface area contributed by atoms with E-state index in [1.807, 2.05) is 13.8 Å². The number of hydrogen-bond acceptors (Lipinski definition) is 5. The lowest BCUT2D eigenvalue weighted by molar-refractivity contribution is 0.363. The maximum absolute atomic E-state index is 12.5. The van der Waals surface area contributed by atoms with Crippen LogP contribution in [0.15, 0.2) is 34.1 Å². The molecule has 0 bridgehead atoms. The Bertz CT molecular complexity index is 757. The van der Waals surface area contributed by atoms with Crippen molar-refractivity contribution in [1.29, 1.82) is 0 Å². The average molecular weight is 376 g/mol. The summed E-state index contributed by atoms with van der Waals surface area (Å²) < 4.78 is 54.5. The summed E-state index contributed by atoms with van der Waals surface area (Å²) in [6.45, 7) is 3.94. The summed E-state index contributed by atoms with van der Waals surface area (Å²) in [6, 6.07) is 5.22. The third-order valence-corrected chi connectivity index (χ3v) is 7.57. The zero-order valence-corrected chi connectivity index (χ0v) is 15.6. The molecule has 24 heavy (non-hydrogen) atoms. The molecule has 1 aliphatic carbocycles. The van der Waals surface area contributed by atoms with Crippen molar-refractivity contribution in [2.75, 3.05) is 6.54 Å². The molecule has 1 aromatic carbocycles. The molecule has 136 valence electrons. The lowest BCUT2D eigenvalue weighted by atomic mass is 9.95. The number of rotatable bonds is 9. The van der Waals surface area contributed by atoms with Crippen LogP contribution in [0.5, 0.6) is 0 Å². The summed E-state index contributed by atoms with van der Waals surface area (Å²) in [4.78, 5) is 0.0806. The second kappa shape index (κ2) is 7.09. The van der Waals surface area contributed by atoms with Crippen molar-refractivity contribution in [3.63, 3.8) is 0 Å². The predicted molar refractivity (Wildman–Crippen MR) is 92.5 cm³/mol. The van der Waals surface area contributed by atoms with Crippen molar-refractivity contribution in [3.05, 3.63) is 24.3 Å². The minimum absolute atomic E-state index is 0.000597. The van der Waals surface area contributed by atoms with E-state index in [0.717, 1.165) is 12.8 Å². The molecule has 1 aliphatic rings. The molecular weight excluding hydrogens is 350 g/mol. The molecule has 1 fully saturated rings. The second-order valence-corrected chi connectivity index (χ2v) is 9.56. The van der Waals surface area contributed by atoms with Gasteiger partial charge in [0.25, 0.3) is 0 Å². The van der Waals surface area contributed by atoms with Gasteiger partial charge >= 0.3 is 0 Å². The smallest absolute Gasteiger partial charge is 0.241 e. The van der Waals surface area contributed by atoms with Crippen LogP contribution < -0.4 is 15.2 Å². The third-order valence-electron chi connectivity index (χ3n) is 4.44. The monoisotopic (exact) mass is 375 g/mol. The van der Waals surface area contributed by atoms with Crippen molar-refractivity contribution >= 4 is 20.0 Å². The van der Waals surface area contributed by atoms with Gasteiger partial charge in [0.1, 0.15) is 0 Å². The zero-order chi connectivity index (χ0) is 18.0. The highest BCUT2D eigenvalue weighted by molar-refractivity contribution is 7.90. The molecule has 0 atom stereocenters. The molecule has 0 spiro atoms. The molecule has 0 aliphatic heterocycles. The van der Waals surface area contributed by atoms with Gasteiger partial charge in [0.15, 0.2) is 0 Å². The van der Waals surface area contributed by atoms with Gasteiger partial charge in [-0.15, -0.1) is 0 Å². The van der Waals surface area contributed by atoms with Crippen LogP contribution in [0, 0.1) is 0 Å². The molecule has 1 saturated carbocycles. The summed E-state index contributed by atoms with van der Waals surface area (Å²) in [5.74, 6) is 0. The summed E-state index contributed by atoms with van der Waals surface area (Å²) in [5, 5.41) is 0. The lowest BCUT2D eigenvalue weighted by Gasteiger charge is -2.31. The molecule has 4 N–H and O–H groups in total. The SMILES string of the molecule is CCC(CC)(CN)NS(=O)(=O)c1ccc(S(=O)(=O)NC2CC2)cc1. The van der Waals surface area contributed by atoms with Crippen LogP contribution >= 0.6 is 0 Å². The molecule has 0 radical (unpaired) electrons. The fourth-order valence-electron chi connectivity index (χ4n) is 2.36. The Morgan fingerprint density at radius 1 is 1.00 bits per heavy atom. The normalized spacial score (nSPS) is 16.3. The number of hydrogen-bond donors (Lipinski definition) is 3. The molecule has 0 unspecified atom stereocenters. The molecular formula is C15H25N3O4S2. The van der Waals surface area contributed by atoms with Crippen molar-refractivity contribution in [2.24, 2.45) is 5.73 Å². The summed E-state index contributed by atoms with van der Waals surface area (Å²) in [7, 11) is -7.37. The lowest BCUT2D eigenvalue weighted by Crippen LogP contribution is -2.52. The van der Waals surface area contributed by atoms with Gasteiger partial charge < -0.3 is 5.73 Å². The Labute approximate surface area is 144 Å². The van der Waals surface area contributed by atoms with Crippen LogP contribution in [0.1, 0.15) is 39.5 Å². The largest absolute Gasteiger partial charge is 0.329 e. The number of nitrogens with two attached hydrogens (primary N) is 1.